The van der Waals surface area contributed by atoms with Gasteiger partial charge in [0.05, 0.1) is 16.4 Å². The van der Waals surface area contributed by atoms with Gasteiger partial charge in [0.25, 0.3) is 5.56 Å². The summed E-state index contributed by atoms with van der Waals surface area (Å²) in [4.78, 5) is 23.3. The van der Waals surface area contributed by atoms with E-state index in [1.165, 1.54) is 12.1 Å². The average molecular weight is 409 g/mol. The number of aromatic nitrogens is 3. The lowest BCUT2D eigenvalue weighted by molar-refractivity contribution is 0.628. The third-order valence-corrected chi connectivity index (χ3v) is 5.89. The van der Waals surface area contributed by atoms with Crippen molar-refractivity contribution in [1.82, 2.24) is 15.0 Å². The normalized spacial score (nSPS) is 14.9. The second-order valence-electron chi connectivity index (χ2n) is 7.71. The van der Waals surface area contributed by atoms with E-state index >= 15 is 0 Å². The number of benzene rings is 1. The van der Waals surface area contributed by atoms with Gasteiger partial charge in [0.1, 0.15) is 11.5 Å². The molecule has 146 valence electrons. The van der Waals surface area contributed by atoms with E-state index in [1.54, 1.807) is 12.3 Å². The van der Waals surface area contributed by atoms with E-state index < -0.39 is 5.82 Å². The highest BCUT2D eigenvalue weighted by Gasteiger charge is 2.42. The molecule has 1 saturated carbocycles. The van der Waals surface area contributed by atoms with E-state index in [0.717, 1.165) is 40.9 Å². The van der Waals surface area contributed by atoms with Gasteiger partial charge in [0.2, 0.25) is 0 Å². The Morgan fingerprint density at radius 2 is 2.00 bits per heavy atom. The standard InChI is InChI=1S/C22H18ClFN4O/c1-22(6-7-22)19-18(27-17-5-9-26-20-13(17)4-8-25-20)11-14(21(29)28-19)12-2-3-16(24)15(23)10-12/h2-5,8-11H,6-7H2,1H3,(H,28,29)(H2,25,26,27). The van der Waals surface area contributed by atoms with Crippen molar-refractivity contribution in [1.29, 1.82) is 0 Å². The van der Waals surface area contributed by atoms with Crippen molar-refractivity contribution in [3.05, 3.63) is 75.7 Å². The number of fused-ring (bicyclic) bond motifs is 1. The van der Waals surface area contributed by atoms with Crippen LogP contribution in [0.2, 0.25) is 5.02 Å². The summed E-state index contributed by atoms with van der Waals surface area (Å²) in [6.07, 6.45) is 5.58. The van der Waals surface area contributed by atoms with E-state index in [2.05, 4.69) is 27.2 Å². The smallest absolute Gasteiger partial charge is 0.256 e. The first-order valence-corrected chi connectivity index (χ1v) is 9.75. The number of nitrogens with zero attached hydrogens (tertiary/aromatic N) is 1. The van der Waals surface area contributed by atoms with Crippen molar-refractivity contribution in [2.45, 2.75) is 25.2 Å². The average Bonchev–Trinajstić information content (AvgIpc) is 3.26. The molecule has 0 radical (unpaired) electrons. The number of aromatic amines is 2. The molecular formula is C22H18ClFN4O. The summed E-state index contributed by atoms with van der Waals surface area (Å²) in [7, 11) is 0. The van der Waals surface area contributed by atoms with E-state index in [9.17, 15) is 9.18 Å². The van der Waals surface area contributed by atoms with Gasteiger partial charge in [-0.15, -0.1) is 0 Å². The minimum atomic E-state index is -0.515. The molecule has 5 nitrogen and oxygen atoms in total. The Bertz CT molecular complexity index is 1310. The molecule has 3 heterocycles. The molecule has 5 rings (SSSR count). The zero-order valence-electron chi connectivity index (χ0n) is 15.6. The molecule has 1 aromatic carbocycles. The van der Waals surface area contributed by atoms with Crippen molar-refractivity contribution in [3.63, 3.8) is 0 Å². The van der Waals surface area contributed by atoms with Crippen LogP contribution in [0.1, 0.15) is 25.5 Å². The third-order valence-electron chi connectivity index (χ3n) is 5.60. The predicted octanol–water partition coefficient (Wildman–Crippen LogP) is 5.51. The molecule has 1 fully saturated rings. The Balaban J connectivity index is 1.67. The molecule has 0 atom stereocenters. The number of anilines is 2. The number of hydrogen-bond acceptors (Lipinski definition) is 3. The van der Waals surface area contributed by atoms with Crippen molar-refractivity contribution in [2.24, 2.45) is 0 Å². The molecule has 0 spiro atoms. The number of halogens is 2. The Morgan fingerprint density at radius 1 is 1.17 bits per heavy atom. The van der Waals surface area contributed by atoms with Gasteiger partial charge < -0.3 is 15.3 Å². The minimum absolute atomic E-state index is 0.0159. The topological polar surface area (TPSA) is 73.6 Å². The molecule has 29 heavy (non-hydrogen) atoms. The summed E-state index contributed by atoms with van der Waals surface area (Å²) in [6, 6.07) is 9.97. The Kier molecular flexibility index (Phi) is 3.99. The predicted molar refractivity (Wildman–Crippen MR) is 113 cm³/mol. The monoisotopic (exact) mass is 408 g/mol. The fourth-order valence-corrected chi connectivity index (χ4v) is 3.82. The Hall–Kier alpha value is -3.12. The summed E-state index contributed by atoms with van der Waals surface area (Å²) < 4.78 is 13.6. The van der Waals surface area contributed by atoms with Crippen LogP contribution in [0.4, 0.5) is 15.8 Å². The first kappa shape index (κ1) is 17.9. The molecular weight excluding hydrogens is 391 g/mol. The maximum Gasteiger partial charge on any atom is 0.256 e. The third kappa shape index (κ3) is 3.09. The Labute approximate surface area is 171 Å². The molecule has 0 amide bonds. The van der Waals surface area contributed by atoms with Gasteiger partial charge in [-0.05, 0) is 48.7 Å². The second-order valence-corrected chi connectivity index (χ2v) is 8.12. The lowest BCUT2D eigenvalue weighted by atomic mass is 9.99. The van der Waals surface area contributed by atoms with Crippen LogP contribution in [-0.2, 0) is 5.41 Å². The van der Waals surface area contributed by atoms with Gasteiger partial charge in [0.15, 0.2) is 0 Å². The van der Waals surface area contributed by atoms with Gasteiger partial charge in [0, 0.05) is 34.5 Å². The van der Waals surface area contributed by atoms with Crippen LogP contribution in [0.5, 0.6) is 0 Å². The van der Waals surface area contributed by atoms with Gasteiger partial charge >= 0.3 is 0 Å². The van der Waals surface area contributed by atoms with Gasteiger partial charge in [-0.25, -0.2) is 9.37 Å². The van der Waals surface area contributed by atoms with Crippen LogP contribution in [0, 0.1) is 5.82 Å². The van der Waals surface area contributed by atoms with Crippen molar-refractivity contribution in [3.8, 4) is 11.1 Å². The zero-order chi connectivity index (χ0) is 20.2. The second kappa shape index (κ2) is 6.46. The Morgan fingerprint density at radius 3 is 2.76 bits per heavy atom. The van der Waals surface area contributed by atoms with E-state index in [1.807, 2.05) is 24.4 Å². The van der Waals surface area contributed by atoms with Gasteiger partial charge in [-0.3, -0.25) is 4.79 Å². The molecule has 4 aromatic rings. The zero-order valence-corrected chi connectivity index (χ0v) is 16.4. The highest BCUT2D eigenvalue weighted by molar-refractivity contribution is 6.31. The molecule has 0 unspecified atom stereocenters. The lowest BCUT2D eigenvalue weighted by Crippen LogP contribution is -2.18. The molecule has 1 aliphatic rings. The fraction of sp³-hybridized carbons (Fsp3) is 0.182. The van der Waals surface area contributed by atoms with Crippen LogP contribution in [0.3, 0.4) is 0 Å². The maximum atomic E-state index is 13.6. The number of hydrogen-bond donors (Lipinski definition) is 3. The van der Waals surface area contributed by atoms with E-state index in [4.69, 9.17) is 11.6 Å². The molecule has 0 bridgehead atoms. The van der Waals surface area contributed by atoms with Crippen molar-refractivity contribution >= 4 is 34.0 Å². The van der Waals surface area contributed by atoms with Crippen LogP contribution in [-0.4, -0.2) is 15.0 Å². The summed E-state index contributed by atoms with van der Waals surface area (Å²) in [5.41, 5.74) is 4.07. The quantitative estimate of drug-likeness (QED) is 0.417. The number of rotatable bonds is 4. The maximum absolute atomic E-state index is 13.6. The van der Waals surface area contributed by atoms with Crippen LogP contribution >= 0.6 is 11.6 Å². The van der Waals surface area contributed by atoms with Crippen LogP contribution in [0.15, 0.2) is 53.6 Å². The summed E-state index contributed by atoms with van der Waals surface area (Å²) in [6.45, 7) is 2.14. The molecule has 0 saturated heterocycles. The number of pyridine rings is 2. The van der Waals surface area contributed by atoms with Crippen molar-refractivity contribution in [2.75, 3.05) is 5.32 Å². The molecule has 3 aromatic heterocycles. The summed E-state index contributed by atoms with van der Waals surface area (Å²) in [5, 5.41) is 4.41. The first-order chi connectivity index (χ1) is 13.9. The summed E-state index contributed by atoms with van der Waals surface area (Å²) in [5.74, 6) is -0.515. The minimum Gasteiger partial charge on any atom is -0.353 e. The molecule has 3 N–H and O–H groups in total. The molecule has 7 heteroatoms. The number of H-pyrrole nitrogens is 2. The number of nitrogens with one attached hydrogen (secondary N) is 3. The van der Waals surface area contributed by atoms with Crippen molar-refractivity contribution < 1.29 is 4.39 Å². The fourth-order valence-electron chi connectivity index (χ4n) is 3.64. The van der Waals surface area contributed by atoms with Gasteiger partial charge in [-0.2, -0.15) is 0 Å². The highest BCUT2D eigenvalue weighted by Crippen LogP contribution is 2.49. The van der Waals surface area contributed by atoms with Gasteiger partial charge in [-0.1, -0.05) is 24.6 Å². The lowest BCUT2D eigenvalue weighted by Gasteiger charge is -2.18. The molecule has 1 aliphatic carbocycles. The SMILES string of the molecule is CC1(c2[nH]c(=O)c(-c3ccc(F)c(Cl)c3)cc2Nc2ccnc3[nH]ccc23)CC1. The largest absolute Gasteiger partial charge is 0.353 e. The first-order valence-electron chi connectivity index (χ1n) is 9.37. The summed E-state index contributed by atoms with van der Waals surface area (Å²) >= 11 is 5.94. The van der Waals surface area contributed by atoms with E-state index in [0.29, 0.717) is 11.1 Å². The molecule has 0 aliphatic heterocycles. The van der Waals surface area contributed by atoms with Crippen LogP contribution < -0.4 is 10.9 Å². The van der Waals surface area contributed by atoms with E-state index in [-0.39, 0.29) is 16.0 Å². The highest BCUT2D eigenvalue weighted by atomic mass is 35.5. The van der Waals surface area contributed by atoms with Crippen LogP contribution in [0.25, 0.3) is 22.2 Å².